The Hall–Kier alpha value is -0.160. The van der Waals surface area contributed by atoms with Gasteiger partial charge in [0.25, 0.3) is 0 Å². The summed E-state index contributed by atoms with van der Waals surface area (Å²) in [6.07, 6.45) is 3.58. The van der Waals surface area contributed by atoms with Crippen LogP contribution in [0.1, 0.15) is 26.2 Å². The molecular formula is C9H24N4. The van der Waals surface area contributed by atoms with Crippen LogP contribution in [0.2, 0.25) is 0 Å². The molecule has 4 nitrogen and oxygen atoms in total. The predicted molar refractivity (Wildman–Crippen MR) is 57.4 cm³/mol. The highest BCUT2D eigenvalue weighted by molar-refractivity contribution is 4.62. The van der Waals surface area contributed by atoms with Crippen LogP contribution in [0.15, 0.2) is 0 Å². The van der Waals surface area contributed by atoms with Crippen LogP contribution in [-0.2, 0) is 0 Å². The van der Waals surface area contributed by atoms with Crippen LogP contribution in [0.4, 0.5) is 0 Å². The average molecular weight is 188 g/mol. The highest BCUT2D eigenvalue weighted by Crippen LogP contribution is 1.86. The average Bonchev–Trinajstić information content (AvgIpc) is 2.16. The third-order valence-electron chi connectivity index (χ3n) is 1.95. The molecule has 0 aliphatic carbocycles. The lowest BCUT2D eigenvalue weighted by Crippen LogP contribution is -2.43. The van der Waals surface area contributed by atoms with E-state index in [1.807, 2.05) is 0 Å². The first-order chi connectivity index (χ1) is 6.35. The van der Waals surface area contributed by atoms with Crippen molar-refractivity contribution in [3.63, 3.8) is 0 Å². The molecule has 0 aromatic carbocycles. The smallest absolute Gasteiger partial charge is 0.0569 e. The first-order valence-electron chi connectivity index (χ1n) is 5.22. The Morgan fingerprint density at radius 2 is 1.46 bits per heavy atom. The van der Waals surface area contributed by atoms with Crippen molar-refractivity contribution < 1.29 is 0 Å². The second-order valence-corrected chi connectivity index (χ2v) is 3.15. The van der Waals surface area contributed by atoms with Gasteiger partial charge in [0.1, 0.15) is 0 Å². The summed E-state index contributed by atoms with van der Waals surface area (Å²) in [4.78, 5) is 0. The van der Waals surface area contributed by atoms with E-state index in [0.29, 0.717) is 6.17 Å². The van der Waals surface area contributed by atoms with Crippen molar-refractivity contribution in [3.8, 4) is 0 Å². The van der Waals surface area contributed by atoms with Crippen LogP contribution in [0.25, 0.3) is 0 Å². The minimum atomic E-state index is 0.415. The van der Waals surface area contributed by atoms with E-state index < -0.39 is 0 Å². The van der Waals surface area contributed by atoms with Gasteiger partial charge in [-0.05, 0) is 45.4 Å². The number of hydrogen-bond donors (Lipinski definition) is 4. The molecule has 4 heteroatoms. The third-order valence-corrected chi connectivity index (χ3v) is 1.95. The predicted octanol–water partition coefficient (Wildman–Crippen LogP) is -0.401. The zero-order valence-corrected chi connectivity index (χ0v) is 8.68. The van der Waals surface area contributed by atoms with E-state index >= 15 is 0 Å². The van der Waals surface area contributed by atoms with Gasteiger partial charge in [0.2, 0.25) is 0 Å². The molecule has 0 aromatic heterocycles. The summed E-state index contributed by atoms with van der Waals surface area (Å²) in [6.45, 7) is 5.66. The molecule has 0 aliphatic rings. The van der Waals surface area contributed by atoms with Crippen LogP contribution in [-0.4, -0.2) is 32.3 Å². The van der Waals surface area contributed by atoms with E-state index in [2.05, 4.69) is 17.6 Å². The van der Waals surface area contributed by atoms with Crippen molar-refractivity contribution in [3.05, 3.63) is 0 Å². The van der Waals surface area contributed by atoms with Crippen molar-refractivity contribution in [1.82, 2.24) is 10.6 Å². The lowest BCUT2D eigenvalue weighted by atomic mass is 10.3. The van der Waals surface area contributed by atoms with Gasteiger partial charge in [0, 0.05) is 0 Å². The lowest BCUT2D eigenvalue weighted by molar-refractivity contribution is 0.410. The molecule has 0 fully saturated rings. The molecule has 0 aliphatic heterocycles. The second-order valence-electron chi connectivity index (χ2n) is 3.15. The fraction of sp³-hybridized carbons (Fsp3) is 1.00. The maximum Gasteiger partial charge on any atom is 0.0569 e. The van der Waals surface area contributed by atoms with Crippen molar-refractivity contribution in [2.75, 3.05) is 26.2 Å². The Bertz CT molecular complexity index is 87.6. The minimum absolute atomic E-state index is 0.415. The molecule has 0 spiro atoms. The Morgan fingerprint density at radius 1 is 1.00 bits per heavy atom. The van der Waals surface area contributed by atoms with Gasteiger partial charge in [-0.2, -0.15) is 0 Å². The maximum atomic E-state index is 5.40. The Kier molecular flexibility index (Phi) is 9.80. The minimum Gasteiger partial charge on any atom is -0.330 e. The van der Waals surface area contributed by atoms with Crippen LogP contribution in [0.3, 0.4) is 0 Å². The van der Waals surface area contributed by atoms with E-state index in [9.17, 15) is 0 Å². The Morgan fingerprint density at radius 3 is 1.77 bits per heavy atom. The van der Waals surface area contributed by atoms with Crippen LogP contribution >= 0.6 is 0 Å². The largest absolute Gasteiger partial charge is 0.330 e. The summed E-state index contributed by atoms with van der Waals surface area (Å²) in [6, 6.07) is 0. The van der Waals surface area contributed by atoms with Crippen molar-refractivity contribution >= 4 is 0 Å². The molecule has 0 bridgehead atoms. The molecule has 80 valence electrons. The van der Waals surface area contributed by atoms with Crippen molar-refractivity contribution in [2.45, 2.75) is 32.4 Å². The van der Waals surface area contributed by atoms with Crippen molar-refractivity contribution in [1.29, 1.82) is 0 Å². The summed E-state index contributed by atoms with van der Waals surface area (Å²) < 4.78 is 0. The highest BCUT2D eigenvalue weighted by Gasteiger charge is 2.01. The number of nitrogens with two attached hydrogens (primary N) is 2. The van der Waals surface area contributed by atoms with Gasteiger partial charge in [-0.3, -0.25) is 0 Å². The first-order valence-corrected chi connectivity index (χ1v) is 5.22. The Balaban J connectivity index is 3.28. The normalized spacial score (nSPS) is 11.1. The quantitative estimate of drug-likeness (QED) is 0.293. The van der Waals surface area contributed by atoms with E-state index in [1.54, 1.807) is 0 Å². The molecule has 0 saturated heterocycles. The van der Waals surface area contributed by atoms with Crippen LogP contribution in [0.5, 0.6) is 0 Å². The SMILES string of the molecule is CCC(NCCCN)NCCCN. The molecule has 0 aromatic rings. The van der Waals surface area contributed by atoms with Gasteiger partial charge < -0.3 is 22.1 Å². The van der Waals surface area contributed by atoms with Crippen LogP contribution < -0.4 is 22.1 Å². The van der Waals surface area contributed by atoms with E-state index in [1.165, 1.54) is 0 Å². The summed E-state index contributed by atoms with van der Waals surface area (Å²) in [5.74, 6) is 0. The Labute approximate surface area is 81.4 Å². The number of nitrogens with one attached hydrogen (secondary N) is 2. The summed E-state index contributed by atoms with van der Waals surface area (Å²) in [5, 5.41) is 6.79. The van der Waals surface area contributed by atoms with E-state index in [-0.39, 0.29) is 0 Å². The van der Waals surface area contributed by atoms with Gasteiger partial charge in [-0.15, -0.1) is 0 Å². The molecule has 0 amide bonds. The summed E-state index contributed by atoms with van der Waals surface area (Å²) in [5.41, 5.74) is 10.8. The molecule has 0 unspecified atom stereocenters. The number of hydrogen-bond acceptors (Lipinski definition) is 4. The fourth-order valence-electron chi connectivity index (χ4n) is 1.12. The van der Waals surface area contributed by atoms with Crippen LogP contribution in [0, 0.1) is 0 Å². The maximum absolute atomic E-state index is 5.40. The summed E-state index contributed by atoms with van der Waals surface area (Å²) >= 11 is 0. The fourth-order valence-corrected chi connectivity index (χ4v) is 1.12. The highest BCUT2D eigenvalue weighted by atomic mass is 15.1. The lowest BCUT2D eigenvalue weighted by Gasteiger charge is -2.18. The third kappa shape index (κ3) is 8.18. The first kappa shape index (κ1) is 12.8. The van der Waals surface area contributed by atoms with Gasteiger partial charge in [0.05, 0.1) is 6.17 Å². The molecule has 0 atom stereocenters. The monoisotopic (exact) mass is 188 g/mol. The van der Waals surface area contributed by atoms with Crippen molar-refractivity contribution in [2.24, 2.45) is 11.5 Å². The van der Waals surface area contributed by atoms with Gasteiger partial charge in [-0.25, -0.2) is 0 Å². The molecule has 0 rings (SSSR count). The van der Waals surface area contributed by atoms with E-state index in [4.69, 9.17) is 11.5 Å². The summed E-state index contributed by atoms with van der Waals surface area (Å²) in [7, 11) is 0. The second kappa shape index (κ2) is 9.92. The van der Waals surface area contributed by atoms with Gasteiger partial charge in [-0.1, -0.05) is 6.92 Å². The molecule has 0 radical (unpaired) electrons. The topological polar surface area (TPSA) is 76.1 Å². The molecular weight excluding hydrogens is 164 g/mol. The molecule has 0 heterocycles. The number of rotatable bonds is 9. The molecule has 0 saturated carbocycles. The molecule has 13 heavy (non-hydrogen) atoms. The standard InChI is InChI=1S/C9H24N4/c1-2-9(12-7-3-5-10)13-8-4-6-11/h9,12-13H,2-8,10-11H2,1H3. The zero-order chi connectivity index (χ0) is 9.94. The van der Waals surface area contributed by atoms with Gasteiger partial charge in [0.15, 0.2) is 0 Å². The zero-order valence-electron chi connectivity index (χ0n) is 8.68. The van der Waals surface area contributed by atoms with Gasteiger partial charge >= 0.3 is 0 Å². The molecule has 6 N–H and O–H groups in total. The van der Waals surface area contributed by atoms with E-state index in [0.717, 1.165) is 45.4 Å².